The molecule has 0 fully saturated rings. The summed E-state index contributed by atoms with van der Waals surface area (Å²) >= 11 is 0. The van der Waals surface area contributed by atoms with E-state index < -0.39 is 12.5 Å². The number of anilines is 1. The Balaban J connectivity index is 1.65. The Morgan fingerprint density at radius 2 is 1.93 bits per heavy atom. The number of alkyl halides is 2. The third-order valence-electron chi connectivity index (χ3n) is 4.78. The number of carbonyl (C=O) groups is 1. The highest BCUT2D eigenvalue weighted by molar-refractivity contribution is 6.04. The summed E-state index contributed by atoms with van der Waals surface area (Å²) in [6.45, 7) is -2.98. The molecule has 0 aliphatic heterocycles. The summed E-state index contributed by atoms with van der Waals surface area (Å²) in [5.74, 6) is 0.160. The SMILES string of the molecule is COc1cc(C(=O)Nc2c3c(nn2-c2ccccc2)CCC3)ccc1OC(F)F. The van der Waals surface area contributed by atoms with E-state index in [1.165, 1.54) is 25.3 Å². The second-order valence-corrected chi connectivity index (χ2v) is 6.57. The maximum atomic E-state index is 12.9. The Labute approximate surface area is 166 Å². The zero-order valence-corrected chi connectivity index (χ0v) is 15.7. The molecule has 1 heterocycles. The molecule has 1 N–H and O–H groups in total. The van der Waals surface area contributed by atoms with Crippen molar-refractivity contribution in [3.8, 4) is 17.2 Å². The Hall–Kier alpha value is -3.42. The maximum absolute atomic E-state index is 12.9. The van der Waals surface area contributed by atoms with Gasteiger partial charge in [0.05, 0.1) is 18.5 Å². The molecule has 1 aromatic heterocycles. The number of halogens is 2. The van der Waals surface area contributed by atoms with Crippen LogP contribution in [-0.4, -0.2) is 29.4 Å². The monoisotopic (exact) mass is 399 g/mol. The molecule has 6 nitrogen and oxygen atoms in total. The zero-order chi connectivity index (χ0) is 20.4. The maximum Gasteiger partial charge on any atom is 0.387 e. The van der Waals surface area contributed by atoms with Gasteiger partial charge < -0.3 is 14.8 Å². The van der Waals surface area contributed by atoms with Gasteiger partial charge in [-0.05, 0) is 49.6 Å². The fraction of sp³-hybridized carbons (Fsp3) is 0.238. The molecular weight excluding hydrogens is 380 g/mol. The number of fused-ring (bicyclic) bond motifs is 1. The van der Waals surface area contributed by atoms with Crippen molar-refractivity contribution in [2.75, 3.05) is 12.4 Å². The lowest BCUT2D eigenvalue weighted by molar-refractivity contribution is -0.0512. The summed E-state index contributed by atoms with van der Waals surface area (Å²) in [7, 11) is 1.33. The van der Waals surface area contributed by atoms with Crippen molar-refractivity contribution in [1.82, 2.24) is 9.78 Å². The summed E-state index contributed by atoms with van der Waals surface area (Å²) in [6.07, 6.45) is 2.69. The highest BCUT2D eigenvalue weighted by Gasteiger charge is 2.25. The minimum absolute atomic E-state index is 0.0553. The highest BCUT2D eigenvalue weighted by Crippen LogP contribution is 2.33. The van der Waals surface area contributed by atoms with E-state index in [1.807, 2.05) is 30.3 Å². The Morgan fingerprint density at radius 1 is 1.14 bits per heavy atom. The van der Waals surface area contributed by atoms with Crippen LogP contribution < -0.4 is 14.8 Å². The Bertz CT molecular complexity index is 1040. The molecule has 0 unspecified atom stereocenters. The number of amides is 1. The van der Waals surface area contributed by atoms with Crippen LogP contribution in [0.15, 0.2) is 48.5 Å². The second-order valence-electron chi connectivity index (χ2n) is 6.57. The fourth-order valence-electron chi connectivity index (χ4n) is 3.46. The number of rotatable bonds is 6. The molecule has 1 aliphatic rings. The van der Waals surface area contributed by atoms with Gasteiger partial charge in [-0.3, -0.25) is 4.79 Å². The average molecular weight is 399 g/mol. The van der Waals surface area contributed by atoms with E-state index in [0.717, 1.165) is 36.2 Å². The lowest BCUT2D eigenvalue weighted by Gasteiger charge is -2.13. The van der Waals surface area contributed by atoms with Crippen LogP contribution in [0.2, 0.25) is 0 Å². The number of carbonyl (C=O) groups excluding carboxylic acids is 1. The Morgan fingerprint density at radius 3 is 2.66 bits per heavy atom. The van der Waals surface area contributed by atoms with Gasteiger partial charge in [0.25, 0.3) is 5.91 Å². The number of hydrogen-bond donors (Lipinski definition) is 1. The summed E-state index contributed by atoms with van der Waals surface area (Å²) in [5, 5.41) is 7.60. The summed E-state index contributed by atoms with van der Waals surface area (Å²) in [5.41, 5.74) is 3.10. The van der Waals surface area contributed by atoms with Crippen LogP contribution in [0, 0.1) is 0 Å². The van der Waals surface area contributed by atoms with E-state index in [0.29, 0.717) is 5.82 Å². The average Bonchev–Trinajstić information content (AvgIpc) is 3.31. The summed E-state index contributed by atoms with van der Waals surface area (Å²) in [4.78, 5) is 12.9. The van der Waals surface area contributed by atoms with Crippen LogP contribution in [-0.2, 0) is 12.8 Å². The van der Waals surface area contributed by atoms with Gasteiger partial charge in [0.1, 0.15) is 5.82 Å². The molecule has 2 aromatic carbocycles. The molecule has 29 heavy (non-hydrogen) atoms. The first-order valence-electron chi connectivity index (χ1n) is 9.17. The quantitative estimate of drug-likeness (QED) is 0.674. The molecule has 4 rings (SSSR count). The predicted molar refractivity (Wildman–Crippen MR) is 103 cm³/mol. The van der Waals surface area contributed by atoms with Crippen molar-refractivity contribution in [2.45, 2.75) is 25.9 Å². The van der Waals surface area contributed by atoms with Crippen LogP contribution in [0.25, 0.3) is 5.69 Å². The number of hydrogen-bond acceptors (Lipinski definition) is 4. The number of nitrogens with one attached hydrogen (secondary N) is 1. The van der Waals surface area contributed by atoms with Gasteiger partial charge in [-0.1, -0.05) is 18.2 Å². The minimum atomic E-state index is -2.98. The van der Waals surface area contributed by atoms with E-state index in [9.17, 15) is 13.6 Å². The number of nitrogens with zero attached hydrogens (tertiary/aromatic N) is 2. The number of aryl methyl sites for hydroxylation is 1. The van der Waals surface area contributed by atoms with Gasteiger partial charge in [-0.15, -0.1) is 0 Å². The molecule has 0 atom stereocenters. The topological polar surface area (TPSA) is 65.4 Å². The van der Waals surface area contributed by atoms with Crippen molar-refractivity contribution >= 4 is 11.7 Å². The first kappa shape index (κ1) is 18.9. The third-order valence-corrected chi connectivity index (χ3v) is 4.78. The van der Waals surface area contributed by atoms with Gasteiger partial charge >= 0.3 is 6.61 Å². The van der Waals surface area contributed by atoms with Crippen LogP contribution >= 0.6 is 0 Å². The van der Waals surface area contributed by atoms with Crippen LogP contribution in [0.4, 0.5) is 14.6 Å². The smallest absolute Gasteiger partial charge is 0.387 e. The lowest BCUT2D eigenvalue weighted by atomic mass is 10.1. The molecule has 150 valence electrons. The van der Waals surface area contributed by atoms with Crippen LogP contribution in [0.5, 0.6) is 11.5 Å². The van der Waals surface area contributed by atoms with Gasteiger partial charge in [0.2, 0.25) is 0 Å². The molecule has 8 heteroatoms. The molecule has 0 saturated heterocycles. The summed E-state index contributed by atoms with van der Waals surface area (Å²) < 4.78 is 36.3. The van der Waals surface area contributed by atoms with E-state index >= 15 is 0 Å². The van der Waals surface area contributed by atoms with E-state index in [1.54, 1.807) is 4.68 Å². The number of benzene rings is 2. The van der Waals surface area contributed by atoms with Crippen LogP contribution in [0.3, 0.4) is 0 Å². The predicted octanol–water partition coefficient (Wildman–Crippen LogP) is 4.22. The van der Waals surface area contributed by atoms with E-state index in [-0.39, 0.29) is 17.1 Å². The van der Waals surface area contributed by atoms with Crippen molar-refractivity contribution < 1.29 is 23.0 Å². The largest absolute Gasteiger partial charge is 0.493 e. The molecule has 3 aromatic rings. The standard InChI is InChI=1S/C21H19F2N3O3/c1-28-18-12-13(10-11-17(18)29-21(22)23)20(27)24-19-15-8-5-9-16(15)25-26(19)14-6-3-2-4-7-14/h2-4,6-7,10-12,21H,5,8-9H2,1H3,(H,24,27). The molecule has 1 amide bonds. The molecule has 0 radical (unpaired) electrons. The fourth-order valence-corrected chi connectivity index (χ4v) is 3.46. The van der Waals surface area contributed by atoms with Crippen LogP contribution in [0.1, 0.15) is 28.0 Å². The first-order valence-corrected chi connectivity index (χ1v) is 9.17. The van der Waals surface area contributed by atoms with Gasteiger partial charge in [-0.25, -0.2) is 4.68 Å². The summed E-state index contributed by atoms with van der Waals surface area (Å²) in [6, 6.07) is 13.6. The molecular formula is C21H19F2N3O3. The molecule has 0 spiro atoms. The molecule has 1 aliphatic carbocycles. The van der Waals surface area contributed by atoms with E-state index in [4.69, 9.17) is 4.74 Å². The third kappa shape index (κ3) is 3.78. The number of aromatic nitrogens is 2. The van der Waals surface area contributed by atoms with Gasteiger partial charge in [0, 0.05) is 11.1 Å². The van der Waals surface area contributed by atoms with Gasteiger partial charge in [0.15, 0.2) is 11.5 Å². The number of para-hydroxylation sites is 1. The lowest BCUT2D eigenvalue weighted by Crippen LogP contribution is -2.16. The first-order chi connectivity index (χ1) is 14.1. The zero-order valence-electron chi connectivity index (χ0n) is 15.7. The second kappa shape index (κ2) is 7.90. The van der Waals surface area contributed by atoms with Crippen molar-refractivity contribution in [3.63, 3.8) is 0 Å². The number of ether oxygens (including phenoxy) is 2. The normalized spacial score (nSPS) is 12.7. The Kier molecular flexibility index (Phi) is 5.16. The highest BCUT2D eigenvalue weighted by atomic mass is 19.3. The number of methoxy groups -OCH3 is 1. The molecule has 0 bridgehead atoms. The van der Waals surface area contributed by atoms with E-state index in [2.05, 4.69) is 15.2 Å². The van der Waals surface area contributed by atoms with Crippen molar-refractivity contribution in [3.05, 3.63) is 65.4 Å². The molecule has 0 saturated carbocycles. The minimum Gasteiger partial charge on any atom is -0.493 e. The van der Waals surface area contributed by atoms with Gasteiger partial charge in [-0.2, -0.15) is 13.9 Å². The van der Waals surface area contributed by atoms with Crippen molar-refractivity contribution in [2.24, 2.45) is 0 Å². The van der Waals surface area contributed by atoms with Crippen molar-refractivity contribution in [1.29, 1.82) is 0 Å².